The fraction of sp³-hybridized carbons (Fsp3) is 0.833. The van der Waals surface area contributed by atoms with Crippen molar-refractivity contribution in [2.45, 2.75) is 90.6 Å². The molecule has 0 aromatic heterocycles. The van der Waals surface area contributed by atoms with Crippen molar-refractivity contribution in [3.8, 4) is 0 Å². The Morgan fingerprint density at radius 1 is 1.00 bits per heavy atom. The number of allylic oxidation sites excluding steroid dienone is 2. The predicted molar refractivity (Wildman–Crippen MR) is 88.2 cm³/mol. The Balaban J connectivity index is 3.26. The number of aliphatic hydroxyl groups is 1. The Morgan fingerprint density at radius 3 is 2.24 bits per heavy atom. The molecule has 3 nitrogen and oxygen atoms in total. The van der Waals surface area contributed by atoms with Crippen LogP contribution in [0.5, 0.6) is 0 Å². The molecule has 124 valence electrons. The van der Waals surface area contributed by atoms with E-state index in [1.807, 2.05) is 0 Å². The summed E-state index contributed by atoms with van der Waals surface area (Å²) in [4.78, 5) is 10.9. The second-order valence-corrected chi connectivity index (χ2v) is 5.65. The van der Waals surface area contributed by atoms with Gasteiger partial charge in [0.1, 0.15) is 6.61 Å². The first kappa shape index (κ1) is 20.2. The van der Waals surface area contributed by atoms with Crippen LogP contribution in [0.4, 0.5) is 0 Å². The fourth-order valence-electron chi connectivity index (χ4n) is 2.12. The van der Waals surface area contributed by atoms with Gasteiger partial charge in [0.25, 0.3) is 0 Å². The maximum atomic E-state index is 10.9. The van der Waals surface area contributed by atoms with Crippen molar-refractivity contribution in [2.75, 3.05) is 6.61 Å². The first-order valence-corrected chi connectivity index (χ1v) is 8.69. The highest BCUT2D eigenvalue weighted by molar-refractivity contribution is 5.68. The van der Waals surface area contributed by atoms with Crippen molar-refractivity contribution < 1.29 is 14.6 Å². The molecule has 0 radical (unpaired) electrons. The summed E-state index contributed by atoms with van der Waals surface area (Å²) in [6.07, 6.45) is 16.1. The normalized spacial score (nSPS) is 12.7. The third-order valence-electron chi connectivity index (χ3n) is 3.52. The van der Waals surface area contributed by atoms with E-state index in [2.05, 4.69) is 19.1 Å². The van der Waals surface area contributed by atoms with Crippen LogP contribution >= 0.6 is 0 Å². The molecule has 0 amide bonds. The number of hydrogen-bond donors (Lipinski definition) is 1. The molecule has 1 atom stereocenters. The van der Waals surface area contributed by atoms with E-state index >= 15 is 0 Å². The number of carbonyl (C=O) groups is 1. The smallest absolute Gasteiger partial charge is 0.305 e. The highest BCUT2D eigenvalue weighted by atomic mass is 16.5. The number of carbonyl (C=O) groups excluding carboxylic acids is 1. The number of esters is 1. The summed E-state index contributed by atoms with van der Waals surface area (Å²) in [7, 11) is 0. The lowest BCUT2D eigenvalue weighted by Gasteiger charge is -2.10. The topological polar surface area (TPSA) is 46.5 Å². The fourth-order valence-corrected chi connectivity index (χ4v) is 2.12. The number of aliphatic hydroxyl groups excluding tert-OH is 1. The van der Waals surface area contributed by atoms with Crippen LogP contribution in [0.3, 0.4) is 0 Å². The molecule has 0 aliphatic rings. The lowest BCUT2D eigenvalue weighted by Crippen LogP contribution is -2.18. The second kappa shape index (κ2) is 15.6. The van der Waals surface area contributed by atoms with E-state index in [9.17, 15) is 9.90 Å². The van der Waals surface area contributed by atoms with Gasteiger partial charge in [-0.1, -0.05) is 58.1 Å². The summed E-state index contributed by atoms with van der Waals surface area (Å²) >= 11 is 0. The van der Waals surface area contributed by atoms with Crippen molar-refractivity contribution in [3.63, 3.8) is 0 Å². The summed E-state index contributed by atoms with van der Waals surface area (Å²) in [6.45, 7) is 4.13. The van der Waals surface area contributed by atoms with E-state index in [1.165, 1.54) is 44.9 Å². The monoisotopic (exact) mass is 298 g/mol. The average molecular weight is 298 g/mol. The van der Waals surface area contributed by atoms with Crippen LogP contribution in [-0.4, -0.2) is 23.8 Å². The molecule has 1 unspecified atom stereocenters. The van der Waals surface area contributed by atoms with Crippen LogP contribution < -0.4 is 0 Å². The minimum Gasteiger partial charge on any atom is -0.463 e. The van der Waals surface area contributed by atoms with E-state index in [-0.39, 0.29) is 12.6 Å². The molecule has 21 heavy (non-hydrogen) atoms. The molecule has 0 fully saturated rings. The van der Waals surface area contributed by atoms with Crippen LogP contribution in [-0.2, 0) is 9.53 Å². The van der Waals surface area contributed by atoms with Gasteiger partial charge >= 0.3 is 5.97 Å². The molecule has 0 bridgehead atoms. The Morgan fingerprint density at radius 2 is 1.62 bits per heavy atom. The Hall–Kier alpha value is -0.830. The van der Waals surface area contributed by atoms with Crippen LogP contribution in [0, 0.1) is 0 Å². The number of ether oxygens (including phenoxy) is 1. The van der Waals surface area contributed by atoms with Gasteiger partial charge < -0.3 is 9.84 Å². The number of hydrogen-bond acceptors (Lipinski definition) is 3. The molecule has 0 saturated carbocycles. The quantitative estimate of drug-likeness (QED) is 0.285. The van der Waals surface area contributed by atoms with Gasteiger partial charge in [-0.05, 0) is 32.1 Å². The van der Waals surface area contributed by atoms with Gasteiger partial charge in [-0.15, -0.1) is 0 Å². The molecular formula is C18H34O3. The largest absolute Gasteiger partial charge is 0.463 e. The summed E-state index contributed by atoms with van der Waals surface area (Å²) in [5, 5.41) is 9.65. The summed E-state index contributed by atoms with van der Waals surface area (Å²) in [6, 6.07) is 0. The lowest BCUT2D eigenvalue weighted by atomic mass is 10.1. The first-order valence-electron chi connectivity index (χ1n) is 8.69. The maximum absolute atomic E-state index is 10.9. The van der Waals surface area contributed by atoms with E-state index in [1.54, 1.807) is 6.92 Å². The average Bonchev–Trinajstić information content (AvgIpc) is 2.50. The van der Waals surface area contributed by atoms with Crippen molar-refractivity contribution in [1.82, 2.24) is 0 Å². The highest BCUT2D eigenvalue weighted by Gasteiger charge is 2.06. The zero-order valence-corrected chi connectivity index (χ0v) is 14.0. The van der Waals surface area contributed by atoms with Gasteiger partial charge in [-0.25, -0.2) is 0 Å². The van der Waals surface area contributed by atoms with Gasteiger partial charge in [0.2, 0.25) is 0 Å². The van der Waals surface area contributed by atoms with Crippen molar-refractivity contribution >= 4 is 5.97 Å². The van der Waals surface area contributed by atoms with Crippen LogP contribution in [0.2, 0.25) is 0 Å². The Labute approximate surface area is 130 Å². The van der Waals surface area contributed by atoms with E-state index in [4.69, 9.17) is 4.74 Å². The molecule has 0 aliphatic carbocycles. The molecule has 0 aliphatic heterocycles. The third kappa shape index (κ3) is 15.4. The standard InChI is InChI=1S/C18H34O3/c1-3-5-6-7-8-9-10-11-12-13-14-15-17(19)16-21-18(20)4-2/h8-9,17,19H,3-7,10-16H2,1-2H3. The summed E-state index contributed by atoms with van der Waals surface area (Å²) < 4.78 is 4.91. The highest BCUT2D eigenvalue weighted by Crippen LogP contribution is 2.09. The molecule has 0 saturated heterocycles. The van der Waals surface area contributed by atoms with Crippen molar-refractivity contribution in [3.05, 3.63) is 12.2 Å². The van der Waals surface area contributed by atoms with Gasteiger partial charge in [-0.2, -0.15) is 0 Å². The molecule has 3 heteroatoms. The van der Waals surface area contributed by atoms with E-state index in [0.29, 0.717) is 6.42 Å². The van der Waals surface area contributed by atoms with Crippen molar-refractivity contribution in [2.24, 2.45) is 0 Å². The number of unbranched alkanes of at least 4 members (excludes halogenated alkanes) is 7. The Kier molecular flexibility index (Phi) is 14.9. The molecule has 0 aromatic rings. The molecule has 0 rings (SSSR count). The van der Waals surface area contributed by atoms with Crippen LogP contribution in [0.1, 0.15) is 84.5 Å². The van der Waals surface area contributed by atoms with Crippen LogP contribution in [0.25, 0.3) is 0 Å². The SMILES string of the molecule is CCCCCC=CCCCCCCC(O)COC(=O)CC. The minimum absolute atomic E-state index is 0.146. The Bertz CT molecular complexity index is 261. The minimum atomic E-state index is -0.501. The van der Waals surface area contributed by atoms with Gasteiger partial charge in [0.05, 0.1) is 6.10 Å². The molecule has 0 heterocycles. The number of rotatable bonds is 14. The third-order valence-corrected chi connectivity index (χ3v) is 3.52. The first-order chi connectivity index (χ1) is 10.2. The molecule has 0 spiro atoms. The molecular weight excluding hydrogens is 264 g/mol. The van der Waals surface area contributed by atoms with Crippen LogP contribution in [0.15, 0.2) is 12.2 Å². The van der Waals surface area contributed by atoms with Gasteiger partial charge in [0, 0.05) is 6.42 Å². The van der Waals surface area contributed by atoms with Gasteiger partial charge in [-0.3, -0.25) is 4.79 Å². The maximum Gasteiger partial charge on any atom is 0.305 e. The zero-order chi connectivity index (χ0) is 15.8. The van der Waals surface area contributed by atoms with E-state index < -0.39 is 6.10 Å². The molecule has 0 aromatic carbocycles. The van der Waals surface area contributed by atoms with E-state index in [0.717, 1.165) is 19.3 Å². The second-order valence-electron chi connectivity index (χ2n) is 5.65. The summed E-state index contributed by atoms with van der Waals surface area (Å²) in [5.74, 6) is -0.236. The predicted octanol–water partition coefficient (Wildman–Crippen LogP) is 4.78. The zero-order valence-electron chi connectivity index (χ0n) is 14.0. The van der Waals surface area contributed by atoms with Gasteiger partial charge in [0.15, 0.2) is 0 Å². The lowest BCUT2D eigenvalue weighted by molar-refractivity contribution is -0.146. The molecule has 1 N–H and O–H groups in total. The van der Waals surface area contributed by atoms with Crippen molar-refractivity contribution in [1.29, 1.82) is 0 Å². The summed E-state index contributed by atoms with van der Waals surface area (Å²) in [5.41, 5.74) is 0.